The Morgan fingerprint density at radius 1 is 1.65 bits per heavy atom. The molecule has 0 N–H and O–H groups in total. The highest BCUT2D eigenvalue weighted by Gasteiger charge is 2.30. The van der Waals surface area contributed by atoms with Crippen molar-refractivity contribution in [2.45, 2.75) is 32.2 Å². The van der Waals surface area contributed by atoms with Crippen LogP contribution in [0.15, 0.2) is 12.3 Å². The monoisotopic (exact) mass is 229 g/mol. The van der Waals surface area contributed by atoms with Gasteiger partial charge < -0.3 is 4.90 Å². The van der Waals surface area contributed by atoms with Gasteiger partial charge in [0.2, 0.25) is 0 Å². The van der Waals surface area contributed by atoms with Crippen LogP contribution in [0.4, 0.5) is 5.82 Å². The highest BCUT2D eigenvalue weighted by atomic mass is 16.1. The van der Waals surface area contributed by atoms with Crippen molar-refractivity contribution < 1.29 is 4.79 Å². The van der Waals surface area contributed by atoms with Crippen LogP contribution in [0.3, 0.4) is 0 Å². The van der Waals surface area contributed by atoms with E-state index in [2.05, 4.69) is 16.0 Å². The van der Waals surface area contributed by atoms with Crippen LogP contribution in [0, 0.1) is 18.3 Å². The Balaban J connectivity index is 2.23. The van der Waals surface area contributed by atoms with E-state index in [1.165, 1.54) is 12.8 Å². The fourth-order valence-electron chi connectivity index (χ4n) is 1.97. The van der Waals surface area contributed by atoms with Crippen LogP contribution in [0.25, 0.3) is 0 Å². The summed E-state index contributed by atoms with van der Waals surface area (Å²) in [5.74, 6) is 0.911. The molecule has 1 aromatic rings. The molecule has 0 bridgehead atoms. The molecular weight excluding hydrogens is 214 g/mol. The third kappa shape index (κ3) is 2.62. The van der Waals surface area contributed by atoms with Gasteiger partial charge in [-0.2, -0.15) is 5.26 Å². The van der Waals surface area contributed by atoms with Crippen molar-refractivity contribution in [2.75, 3.05) is 11.4 Å². The van der Waals surface area contributed by atoms with Gasteiger partial charge in [-0.25, -0.2) is 4.98 Å². The molecule has 2 rings (SSSR count). The molecule has 0 saturated heterocycles. The number of aldehydes is 1. The average Bonchev–Trinajstić information content (AvgIpc) is 3.15. The first kappa shape index (κ1) is 11.6. The van der Waals surface area contributed by atoms with E-state index >= 15 is 0 Å². The summed E-state index contributed by atoms with van der Waals surface area (Å²) in [4.78, 5) is 17.2. The molecule has 1 saturated carbocycles. The van der Waals surface area contributed by atoms with E-state index in [4.69, 9.17) is 5.26 Å². The largest absolute Gasteiger partial charge is 0.352 e. The summed E-state index contributed by atoms with van der Waals surface area (Å²) >= 11 is 0. The van der Waals surface area contributed by atoms with Gasteiger partial charge >= 0.3 is 0 Å². The fraction of sp³-hybridized carbons (Fsp3) is 0.462. The summed E-state index contributed by atoms with van der Waals surface area (Å²) in [7, 11) is 0. The molecule has 88 valence electrons. The molecular formula is C13H15N3O. The lowest BCUT2D eigenvalue weighted by molar-refractivity contribution is 0.112. The van der Waals surface area contributed by atoms with E-state index < -0.39 is 0 Å². The van der Waals surface area contributed by atoms with Crippen molar-refractivity contribution in [1.29, 1.82) is 5.26 Å². The first-order chi connectivity index (χ1) is 8.26. The SMILES string of the molecule is Cc1cc(C=O)cnc1N(CCC#N)C1CC1. The van der Waals surface area contributed by atoms with Crippen LogP contribution in [0.1, 0.15) is 35.2 Å². The van der Waals surface area contributed by atoms with Crippen molar-refractivity contribution in [3.05, 3.63) is 23.4 Å². The van der Waals surface area contributed by atoms with Crippen LogP contribution >= 0.6 is 0 Å². The van der Waals surface area contributed by atoms with E-state index in [-0.39, 0.29) is 0 Å². The molecule has 1 aliphatic rings. The van der Waals surface area contributed by atoms with Gasteiger partial charge in [0.05, 0.1) is 12.5 Å². The number of nitrogens with zero attached hydrogens (tertiary/aromatic N) is 3. The second-order valence-electron chi connectivity index (χ2n) is 4.36. The van der Waals surface area contributed by atoms with Crippen molar-refractivity contribution in [3.8, 4) is 6.07 Å². The van der Waals surface area contributed by atoms with Crippen LogP contribution in [-0.4, -0.2) is 23.9 Å². The third-order valence-electron chi connectivity index (χ3n) is 2.93. The molecule has 1 aromatic heterocycles. The molecule has 0 aliphatic heterocycles. The van der Waals surface area contributed by atoms with Crippen molar-refractivity contribution in [3.63, 3.8) is 0 Å². The summed E-state index contributed by atoms with van der Waals surface area (Å²) in [6.45, 7) is 2.67. The molecule has 0 amide bonds. The molecule has 0 unspecified atom stereocenters. The number of nitriles is 1. The molecule has 0 aromatic carbocycles. The van der Waals surface area contributed by atoms with Gasteiger partial charge in [-0.05, 0) is 31.4 Å². The maximum Gasteiger partial charge on any atom is 0.151 e. The van der Waals surface area contributed by atoms with Gasteiger partial charge in [-0.1, -0.05) is 0 Å². The molecule has 4 heteroatoms. The van der Waals surface area contributed by atoms with Crippen LogP contribution in [0.2, 0.25) is 0 Å². The maximum atomic E-state index is 10.7. The Bertz CT molecular complexity index is 460. The molecule has 0 radical (unpaired) electrons. The lowest BCUT2D eigenvalue weighted by Crippen LogP contribution is -2.28. The van der Waals surface area contributed by atoms with Gasteiger partial charge in [0.1, 0.15) is 5.82 Å². The van der Waals surface area contributed by atoms with E-state index in [1.807, 2.05) is 13.0 Å². The summed E-state index contributed by atoms with van der Waals surface area (Å²) in [5.41, 5.74) is 1.60. The molecule has 4 nitrogen and oxygen atoms in total. The average molecular weight is 229 g/mol. The fourth-order valence-corrected chi connectivity index (χ4v) is 1.97. The molecule has 1 fully saturated rings. The van der Waals surface area contributed by atoms with Crippen LogP contribution < -0.4 is 4.90 Å². The first-order valence-corrected chi connectivity index (χ1v) is 5.81. The normalized spacial score (nSPS) is 14.1. The molecule has 0 spiro atoms. The number of rotatable bonds is 5. The minimum Gasteiger partial charge on any atom is -0.352 e. The minimum absolute atomic E-state index is 0.507. The van der Waals surface area contributed by atoms with Crippen LogP contribution in [-0.2, 0) is 0 Å². The highest BCUT2D eigenvalue weighted by molar-refractivity contribution is 5.75. The number of hydrogen-bond acceptors (Lipinski definition) is 4. The summed E-state index contributed by atoms with van der Waals surface area (Å²) < 4.78 is 0. The Morgan fingerprint density at radius 3 is 2.94 bits per heavy atom. The second kappa shape index (κ2) is 4.96. The summed E-state index contributed by atoms with van der Waals surface area (Å²) in [5, 5.41) is 8.67. The zero-order chi connectivity index (χ0) is 12.3. The van der Waals surface area contributed by atoms with Crippen molar-refractivity contribution in [2.24, 2.45) is 0 Å². The zero-order valence-electron chi connectivity index (χ0n) is 9.89. The first-order valence-electron chi connectivity index (χ1n) is 5.81. The lowest BCUT2D eigenvalue weighted by Gasteiger charge is -2.24. The Kier molecular flexibility index (Phi) is 3.38. The van der Waals surface area contributed by atoms with Crippen molar-refractivity contribution >= 4 is 12.1 Å². The van der Waals surface area contributed by atoms with Crippen molar-refractivity contribution in [1.82, 2.24) is 4.98 Å². The number of aromatic nitrogens is 1. The van der Waals surface area contributed by atoms with E-state index in [1.54, 1.807) is 6.20 Å². The molecule has 17 heavy (non-hydrogen) atoms. The molecule has 1 heterocycles. The lowest BCUT2D eigenvalue weighted by atomic mass is 10.2. The smallest absolute Gasteiger partial charge is 0.151 e. The van der Waals surface area contributed by atoms with Gasteiger partial charge in [0.25, 0.3) is 0 Å². The number of pyridine rings is 1. The predicted octanol–water partition coefficient (Wildman–Crippen LogP) is 2.08. The Hall–Kier alpha value is -1.89. The topological polar surface area (TPSA) is 57.0 Å². The number of aryl methyl sites for hydroxylation is 1. The Morgan fingerprint density at radius 2 is 2.41 bits per heavy atom. The van der Waals surface area contributed by atoms with Gasteiger partial charge in [-0.15, -0.1) is 0 Å². The number of anilines is 1. The van der Waals surface area contributed by atoms with Gasteiger partial charge in [0.15, 0.2) is 6.29 Å². The molecule has 0 atom stereocenters. The van der Waals surface area contributed by atoms with Gasteiger partial charge in [-0.3, -0.25) is 4.79 Å². The number of carbonyl (C=O) groups excluding carboxylic acids is 1. The third-order valence-corrected chi connectivity index (χ3v) is 2.93. The quantitative estimate of drug-likeness (QED) is 0.725. The highest BCUT2D eigenvalue weighted by Crippen LogP contribution is 2.32. The van der Waals surface area contributed by atoms with E-state index in [0.29, 0.717) is 18.0 Å². The second-order valence-corrected chi connectivity index (χ2v) is 4.36. The predicted molar refractivity (Wildman–Crippen MR) is 65.0 cm³/mol. The van der Waals surface area contributed by atoms with Crippen LogP contribution in [0.5, 0.6) is 0 Å². The number of hydrogen-bond donors (Lipinski definition) is 0. The minimum atomic E-state index is 0.507. The van der Waals surface area contributed by atoms with E-state index in [9.17, 15) is 4.79 Å². The maximum absolute atomic E-state index is 10.7. The molecule has 1 aliphatic carbocycles. The number of carbonyl (C=O) groups is 1. The van der Waals surface area contributed by atoms with Gasteiger partial charge in [0, 0.05) is 24.3 Å². The standard InChI is InChI=1S/C13H15N3O/c1-10-7-11(9-17)8-15-13(10)16(6-2-5-14)12-3-4-12/h7-9,12H,2-4,6H2,1H3. The summed E-state index contributed by atoms with van der Waals surface area (Å²) in [6, 6.07) is 4.54. The Labute approximate surface area is 101 Å². The van der Waals surface area contributed by atoms with E-state index in [0.717, 1.165) is 24.2 Å². The summed E-state index contributed by atoms with van der Waals surface area (Å²) in [6.07, 6.45) is 5.24. The zero-order valence-corrected chi connectivity index (χ0v) is 9.89.